The molecule has 1 aromatic rings. The van der Waals surface area contributed by atoms with Gasteiger partial charge >= 0.3 is 0 Å². The molecule has 0 aliphatic carbocycles. The van der Waals surface area contributed by atoms with E-state index in [1.165, 1.54) is 25.7 Å². The second kappa shape index (κ2) is 6.68. The maximum Gasteiger partial charge on any atom is 0.270 e. The molecule has 20 heavy (non-hydrogen) atoms. The zero-order valence-electron chi connectivity index (χ0n) is 12.6. The molecule has 0 bridgehead atoms. The van der Waals surface area contributed by atoms with E-state index in [1.54, 1.807) is 0 Å². The lowest BCUT2D eigenvalue weighted by atomic mass is 10.2. The number of aryl methyl sites for hydroxylation is 1. The van der Waals surface area contributed by atoms with E-state index < -0.39 is 0 Å². The summed E-state index contributed by atoms with van der Waals surface area (Å²) in [6.45, 7) is 7.76. The van der Waals surface area contributed by atoms with Crippen molar-refractivity contribution in [2.75, 3.05) is 18.0 Å². The van der Waals surface area contributed by atoms with Gasteiger partial charge in [0.05, 0.1) is 0 Å². The molecular weight excluding hydrogens is 252 g/mol. The number of carbonyl (C=O) groups is 1. The average Bonchev–Trinajstić information content (AvgIpc) is 2.66. The van der Waals surface area contributed by atoms with Crippen LogP contribution in [0.4, 0.5) is 5.82 Å². The Kier molecular flexibility index (Phi) is 4.93. The van der Waals surface area contributed by atoms with Crippen LogP contribution >= 0.6 is 0 Å². The van der Waals surface area contributed by atoms with E-state index in [2.05, 4.69) is 20.2 Å². The summed E-state index contributed by atoms with van der Waals surface area (Å²) in [5, 5.41) is 2.88. The minimum absolute atomic E-state index is 0.111. The van der Waals surface area contributed by atoms with E-state index in [1.807, 2.05) is 26.8 Å². The fourth-order valence-electron chi connectivity index (χ4n) is 2.47. The van der Waals surface area contributed by atoms with Crippen molar-refractivity contribution in [3.05, 3.63) is 17.6 Å². The molecule has 5 nitrogen and oxygen atoms in total. The van der Waals surface area contributed by atoms with Crippen molar-refractivity contribution in [1.82, 2.24) is 15.3 Å². The van der Waals surface area contributed by atoms with Crippen molar-refractivity contribution in [2.45, 2.75) is 52.5 Å². The first kappa shape index (κ1) is 14.8. The lowest BCUT2D eigenvalue weighted by molar-refractivity contribution is 0.0937. The number of rotatable bonds is 3. The fraction of sp³-hybridized carbons (Fsp3) is 0.667. The van der Waals surface area contributed by atoms with Gasteiger partial charge in [-0.1, -0.05) is 12.8 Å². The maximum absolute atomic E-state index is 12.1. The minimum Gasteiger partial charge on any atom is -0.356 e. The van der Waals surface area contributed by atoms with E-state index in [0.717, 1.165) is 18.9 Å². The molecule has 2 rings (SSSR count). The van der Waals surface area contributed by atoms with Crippen LogP contribution < -0.4 is 10.2 Å². The molecule has 5 heteroatoms. The number of hydrogen-bond donors (Lipinski definition) is 1. The van der Waals surface area contributed by atoms with Crippen LogP contribution in [-0.4, -0.2) is 35.0 Å². The van der Waals surface area contributed by atoms with E-state index in [0.29, 0.717) is 11.5 Å². The summed E-state index contributed by atoms with van der Waals surface area (Å²) in [4.78, 5) is 23.1. The highest BCUT2D eigenvalue weighted by Crippen LogP contribution is 2.18. The Hall–Kier alpha value is -1.65. The molecule has 110 valence electrons. The lowest BCUT2D eigenvalue weighted by Gasteiger charge is -2.22. The van der Waals surface area contributed by atoms with Gasteiger partial charge in [-0.25, -0.2) is 9.97 Å². The van der Waals surface area contributed by atoms with Crippen molar-refractivity contribution in [3.63, 3.8) is 0 Å². The standard InChI is InChI=1S/C15H24N4O/c1-11(2)16-15(20)13-10-14(18-12(3)17-13)19-8-6-4-5-7-9-19/h10-11H,4-9H2,1-3H3,(H,16,20). The Morgan fingerprint density at radius 3 is 2.45 bits per heavy atom. The van der Waals surface area contributed by atoms with Crippen LogP contribution in [0.15, 0.2) is 6.07 Å². The molecule has 1 aromatic heterocycles. The molecular formula is C15H24N4O. The van der Waals surface area contributed by atoms with Crippen LogP contribution in [0.3, 0.4) is 0 Å². The van der Waals surface area contributed by atoms with E-state index >= 15 is 0 Å². The summed E-state index contributed by atoms with van der Waals surface area (Å²) in [6.07, 6.45) is 4.94. The second-order valence-electron chi connectivity index (χ2n) is 5.69. The van der Waals surface area contributed by atoms with Crippen molar-refractivity contribution in [3.8, 4) is 0 Å². The number of nitrogens with zero attached hydrogens (tertiary/aromatic N) is 3. The first-order chi connectivity index (χ1) is 9.56. The SMILES string of the molecule is Cc1nc(C(=O)NC(C)C)cc(N2CCCCCC2)n1. The van der Waals surface area contributed by atoms with Crippen LogP contribution in [0.25, 0.3) is 0 Å². The van der Waals surface area contributed by atoms with Gasteiger partial charge in [0.2, 0.25) is 0 Å². The molecule has 1 fully saturated rings. The van der Waals surface area contributed by atoms with Crippen LogP contribution in [0.2, 0.25) is 0 Å². The normalized spacial score (nSPS) is 16.1. The van der Waals surface area contributed by atoms with Crippen molar-refractivity contribution in [1.29, 1.82) is 0 Å². The van der Waals surface area contributed by atoms with Gasteiger partial charge in [0, 0.05) is 25.2 Å². The predicted octanol–water partition coefficient (Wildman–Crippen LogP) is 2.30. The largest absolute Gasteiger partial charge is 0.356 e. The Balaban J connectivity index is 2.21. The van der Waals surface area contributed by atoms with E-state index in [9.17, 15) is 4.79 Å². The Labute approximate surface area is 120 Å². The summed E-state index contributed by atoms with van der Waals surface area (Å²) in [5.74, 6) is 1.41. The highest BCUT2D eigenvalue weighted by Gasteiger charge is 2.16. The molecule has 0 atom stereocenters. The monoisotopic (exact) mass is 276 g/mol. The maximum atomic E-state index is 12.1. The predicted molar refractivity (Wildman–Crippen MR) is 80.1 cm³/mol. The summed E-state index contributed by atoms with van der Waals surface area (Å²) in [6, 6.07) is 1.93. The van der Waals surface area contributed by atoms with E-state index in [-0.39, 0.29) is 11.9 Å². The summed E-state index contributed by atoms with van der Waals surface area (Å²) in [5.41, 5.74) is 0.463. The molecule has 0 spiro atoms. The van der Waals surface area contributed by atoms with Crippen LogP contribution in [0, 0.1) is 6.92 Å². The lowest BCUT2D eigenvalue weighted by Crippen LogP contribution is -2.32. The van der Waals surface area contributed by atoms with Crippen molar-refractivity contribution < 1.29 is 4.79 Å². The quantitative estimate of drug-likeness (QED) is 0.920. The molecule has 1 saturated heterocycles. The Morgan fingerprint density at radius 2 is 1.85 bits per heavy atom. The molecule has 0 radical (unpaired) electrons. The molecule has 0 unspecified atom stereocenters. The summed E-state index contributed by atoms with van der Waals surface area (Å²) in [7, 11) is 0. The molecule has 1 N–H and O–H groups in total. The van der Waals surface area contributed by atoms with Gasteiger partial charge in [0.25, 0.3) is 5.91 Å². The number of amides is 1. The first-order valence-corrected chi connectivity index (χ1v) is 7.48. The van der Waals surface area contributed by atoms with Gasteiger partial charge in [-0.05, 0) is 33.6 Å². The second-order valence-corrected chi connectivity index (χ2v) is 5.69. The third kappa shape index (κ3) is 3.92. The van der Waals surface area contributed by atoms with Gasteiger partial charge in [0.1, 0.15) is 17.3 Å². The Morgan fingerprint density at radius 1 is 1.20 bits per heavy atom. The smallest absolute Gasteiger partial charge is 0.270 e. The number of carbonyl (C=O) groups excluding carboxylic acids is 1. The third-order valence-corrected chi connectivity index (χ3v) is 3.41. The molecule has 2 heterocycles. The number of nitrogens with one attached hydrogen (secondary N) is 1. The van der Waals surface area contributed by atoms with Gasteiger partial charge in [0.15, 0.2) is 0 Å². The van der Waals surface area contributed by atoms with Crippen molar-refractivity contribution in [2.24, 2.45) is 0 Å². The number of aromatic nitrogens is 2. The number of hydrogen-bond acceptors (Lipinski definition) is 4. The van der Waals surface area contributed by atoms with Gasteiger partial charge < -0.3 is 10.2 Å². The van der Waals surface area contributed by atoms with Crippen LogP contribution in [-0.2, 0) is 0 Å². The van der Waals surface area contributed by atoms with Crippen LogP contribution in [0.5, 0.6) is 0 Å². The minimum atomic E-state index is -0.124. The molecule has 1 amide bonds. The highest BCUT2D eigenvalue weighted by atomic mass is 16.1. The van der Waals surface area contributed by atoms with Gasteiger partial charge in [-0.2, -0.15) is 0 Å². The topological polar surface area (TPSA) is 58.1 Å². The van der Waals surface area contributed by atoms with Gasteiger partial charge in [-0.15, -0.1) is 0 Å². The number of anilines is 1. The highest BCUT2D eigenvalue weighted by molar-refractivity contribution is 5.93. The zero-order chi connectivity index (χ0) is 14.5. The Bertz CT molecular complexity index is 465. The zero-order valence-corrected chi connectivity index (χ0v) is 12.6. The first-order valence-electron chi connectivity index (χ1n) is 7.48. The molecule has 0 aromatic carbocycles. The molecule has 1 aliphatic rings. The fourth-order valence-corrected chi connectivity index (χ4v) is 2.47. The molecule has 1 aliphatic heterocycles. The third-order valence-electron chi connectivity index (χ3n) is 3.41. The van der Waals surface area contributed by atoms with Crippen LogP contribution in [0.1, 0.15) is 55.8 Å². The van der Waals surface area contributed by atoms with Gasteiger partial charge in [-0.3, -0.25) is 4.79 Å². The van der Waals surface area contributed by atoms with Crippen molar-refractivity contribution >= 4 is 11.7 Å². The molecule has 0 saturated carbocycles. The average molecular weight is 276 g/mol. The summed E-state index contributed by atoms with van der Waals surface area (Å²) < 4.78 is 0. The summed E-state index contributed by atoms with van der Waals surface area (Å²) >= 11 is 0. The van der Waals surface area contributed by atoms with E-state index in [4.69, 9.17) is 0 Å².